The van der Waals surface area contributed by atoms with Gasteiger partial charge >= 0.3 is 0 Å². The Morgan fingerprint density at radius 2 is 1.53 bits per heavy atom. The number of alkyl halides is 2. The third-order valence-electron chi connectivity index (χ3n) is 6.19. The van der Waals surface area contributed by atoms with Gasteiger partial charge in [0.05, 0.1) is 5.69 Å². The normalized spacial score (nSPS) is 14.3. The van der Waals surface area contributed by atoms with Crippen molar-refractivity contribution in [3.05, 3.63) is 89.1 Å². The number of rotatable bonds is 1. The van der Waals surface area contributed by atoms with E-state index in [4.69, 9.17) is 4.42 Å². The lowest BCUT2D eigenvalue weighted by Crippen LogP contribution is -2.10. The van der Waals surface area contributed by atoms with E-state index in [1.54, 1.807) is 24.3 Å². The average Bonchev–Trinajstić information content (AvgIpc) is 3.24. The van der Waals surface area contributed by atoms with Crippen LogP contribution in [0.4, 0.5) is 8.78 Å². The van der Waals surface area contributed by atoms with Crippen molar-refractivity contribution in [2.24, 2.45) is 0 Å². The molecule has 0 unspecified atom stereocenters. The van der Waals surface area contributed by atoms with E-state index in [2.05, 4.69) is 4.98 Å². The number of nitrogens with zero attached hydrogens (tertiary/aromatic N) is 1. The first-order chi connectivity index (χ1) is 14.5. The van der Waals surface area contributed by atoms with Crippen molar-refractivity contribution >= 4 is 21.9 Å². The fourth-order valence-corrected chi connectivity index (χ4v) is 4.48. The number of para-hydroxylation sites is 1. The molecule has 3 aromatic carbocycles. The Hall–Kier alpha value is -3.53. The summed E-state index contributed by atoms with van der Waals surface area (Å²) in [5.41, 5.74) is 6.16. The summed E-state index contributed by atoms with van der Waals surface area (Å²) in [5, 5.41) is 1.74. The molecule has 2 heterocycles. The van der Waals surface area contributed by atoms with E-state index in [0.29, 0.717) is 22.3 Å². The lowest BCUT2D eigenvalue weighted by molar-refractivity contribution is 0.0480. The zero-order valence-corrected chi connectivity index (χ0v) is 16.5. The average molecular weight is 397 g/mol. The van der Waals surface area contributed by atoms with Gasteiger partial charge in [-0.25, -0.2) is 0 Å². The van der Waals surface area contributed by atoms with Crippen LogP contribution in [0.2, 0.25) is 0 Å². The molecule has 146 valence electrons. The highest BCUT2D eigenvalue weighted by molar-refractivity contribution is 6.14. The monoisotopic (exact) mass is 397 g/mol. The van der Waals surface area contributed by atoms with E-state index in [1.807, 2.05) is 44.3 Å². The number of hydrogen-bond donors (Lipinski definition) is 0. The Morgan fingerprint density at radius 1 is 0.767 bits per heavy atom. The van der Waals surface area contributed by atoms with Gasteiger partial charge in [0.25, 0.3) is 5.92 Å². The van der Waals surface area contributed by atoms with Crippen molar-refractivity contribution in [2.45, 2.75) is 19.8 Å². The molecule has 5 aromatic rings. The first-order valence-corrected chi connectivity index (χ1v) is 9.87. The molecule has 1 aliphatic rings. The summed E-state index contributed by atoms with van der Waals surface area (Å²) in [5.74, 6) is -3.03. The molecule has 0 bridgehead atoms. The lowest BCUT2D eigenvalue weighted by Gasteiger charge is -2.11. The number of aromatic nitrogens is 1. The summed E-state index contributed by atoms with van der Waals surface area (Å²) >= 11 is 0. The summed E-state index contributed by atoms with van der Waals surface area (Å²) in [6.07, 6.45) is 1.85. The first kappa shape index (κ1) is 17.3. The summed E-state index contributed by atoms with van der Waals surface area (Å²) in [7, 11) is 0. The predicted octanol–water partition coefficient (Wildman–Crippen LogP) is 7.39. The van der Waals surface area contributed by atoms with Gasteiger partial charge in [-0.1, -0.05) is 42.5 Å². The van der Waals surface area contributed by atoms with Crippen LogP contribution in [0.15, 0.2) is 71.3 Å². The molecule has 0 spiro atoms. The zero-order valence-electron chi connectivity index (χ0n) is 16.5. The fraction of sp³-hybridized carbons (Fsp3) is 0.115. The second kappa shape index (κ2) is 5.76. The van der Waals surface area contributed by atoms with E-state index < -0.39 is 5.92 Å². The minimum absolute atomic E-state index is 0.00103. The summed E-state index contributed by atoms with van der Waals surface area (Å²) in [4.78, 5) is 4.58. The Labute approximate surface area is 171 Å². The van der Waals surface area contributed by atoms with Crippen LogP contribution in [0.3, 0.4) is 0 Å². The van der Waals surface area contributed by atoms with E-state index in [-0.39, 0.29) is 11.1 Å². The number of aryl methyl sites for hydroxylation is 2. The first-order valence-electron chi connectivity index (χ1n) is 9.87. The summed E-state index contributed by atoms with van der Waals surface area (Å²) < 4.78 is 36.5. The van der Waals surface area contributed by atoms with E-state index in [9.17, 15) is 0 Å². The highest BCUT2D eigenvalue weighted by atomic mass is 19.3. The van der Waals surface area contributed by atoms with Gasteiger partial charge in [-0.2, -0.15) is 8.78 Å². The highest BCUT2D eigenvalue weighted by Crippen LogP contribution is 2.54. The van der Waals surface area contributed by atoms with Gasteiger partial charge in [0.15, 0.2) is 0 Å². The predicted molar refractivity (Wildman–Crippen MR) is 115 cm³/mol. The number of furan rings is 1. The molecule has 1 aliphatic carbocycles. The Morgan fingerprint density at radius 3 is 2.37 bits per heavy atom. The van der Waals surface area contributed by atoms with Crippen LogP contribution in [-0.4, -0.2) is 4.98 Å². The Kier molecular flexibility index (Phi) is 3.33. The number of halogens is 2. The van der Waals surface area contributed by atoms with Crippen molar-refractivity contribution < 1.29 is 13.2 Å². The lowest BCUT2D eigenvalue weighted by atomic mass is 10.0. The van der Waals surface area contributed by atoms with Crippen molar-refractivity contribution in [3.63, 3.8) is 0 Å². The molecule has 0 atom stereocenters. The Balaban J connectivity index is 1.71. The molecule has 0 saturated heterocycles. The molecule has 2 aromatic heterocycles. The Bertz CT molecular complexity index is 1500. The fourth-order valence-electron chi connectivity index (χ4n) is 4.48. The van der Waals surface area contributed by atoms with Gasteiger partial charge in [0.1, 0.15) is 11.2 Å². The molecule has 4 heteroatoms. The van der Waals surface area contributed by atoms with Gasteiger partial charge < -0.3 is 4.42 Å². The molecular weight excluding hydrogens is 380 g/mol. The SMILES string of the molecule is Cc1cnc(-c2cccc3c2oc2c4c(ccc23)C(F)(F)c2ccccc2-4)cc1C. The van der Waals surface area contributed by atoms with Crippen molar-refractivity contribution in [1.82, 2.24) is 4.98 Å². The van der Waals surface area contributed by atoms with E-state index in [1.165, 1.54) is 12.1 Å². The summed E-state index contributed by atoms with van der Waals surface area (Å²) in [6, 6.07) is 17.9. The van der Waals surface area contributed by atoms with Crippen LogP contribution >= 0.6 is 0 Å². The van der Waals surface area contributed by atoms with Crippen molar-refractivity contribution in [2.75, 3.05) is 0 Å². The topological polar surface area (TPSA) is 26.0 Å². The third kappa shape index (κ3) is 2.13. The van der Waals surface area contributed by atoms with Crippen molar-refractivity contribution in [3.8, 4) is 22.4 Å². The molecule has 0 radical (unpaired) electrons. The van der Waals surface area contributed by atoms with Gasteiger partial charge in [-0.3, -0.25) is 4.98 Å². The van der Waals surface area contributed by atoms with Crippen LogP contribution in [0, 0.1) is 13.8 Å². The molecular formula is C26H17F2NO. The van der Waals surface area contributed by atoms with E-state index >= 15 is 8.78 Å². The molecule has 30 heavy (non-hydrogen) atoms. The zero-order chi connectivity index (χ0) is 20.6. The van der Waals surface area contributed by atoms with Crippen LogP contribution in [0.1, 0.15) is 22.3 Å². The number of benzene rings is 3. The highest BCUT2D eigenvalue weighted by Gasteiger charge is 2.45. The maximum atomic E-state index is 15.1. The standard InChI is InChI=1S/C26H17F2NO/c1-14-12-22(29-13-15(14)2)19-8-5-7-16-17-10-11-21-23(25(17)30-24(16)19)18-6-3-4-9-20(18)26(21,27)28/h3-13H,1-2H3. The number of fused-ring (bicyclic) bond motifs is 7. The molecule has 0 N–H and O–H groups in total. The van der Waals surface area contributed by atoms with Crippen LogP contribution in [0.25, 0.3) is 44.3 Å². The number of hydrogen-bond acceptors (Lipinski definition) is 2. The molecule has 0 saturated carbocycles. The second-order valence-electron chi connectivity index (χ2n) is 7.92. The third-order valence-corrected chi connectivity index (χ3v) is 6.19. The second-order valence-corrected chi connectivity index (χ2v) is 7.92. The van der Waals surface area contributed by atoms with E-state index in [0.717, 1.165) is 33.2 Å². The molecule has 2 nitrogen and oxygen atoms in total. The van der Waals surface area contributed by atoms with Crippen LogP contribution < -0.4 is 0 Å². The quantitative estimate of drug-likeness (QED) is 0.295. The maximum absolute atomic E-state index is 15.1. The van der Waals surface area contributed by atoms with Gasteiger partial charge in [-0.15, -0.1) is 0 Å². The van der Waals surface area contributed by atoms with Gasteiger partial charge in [0.2, 0.25) is 0 Å². The minimum Gasteiger partial charge on any atom is -0.455 e. The van der Waals surface area contributed by atoms with Crippen LogP contribution in [0.5, 0.6) is 0 Å². The summed E-state index contributed by atoms with van der Waals surface area (Å²) in [6.45, 7) is 4.07. The molecule has 0 aliphatic heterocycles. The largest absolute Gasteiger partial charge is 0.455 e. The molecule has 0 amide bonds. The van der Waals surface area contributed by atoms with Gasteiger partial charge in [-0.05, 0) is 48.7 Å². The number of pyridine rings is 1. The molecule has 6 rings (SSSR count). The van der Waals surface area contributed by atoms with Crippen LogP contribution in [-0.2, 0) is 5.92 Å². The molecule has 0 fully saturated rings. The van der Waals surface area contributed by atoms with Gasteiger partial charge in [0, 0.05) is 39.2 Å². The maximum Gasteiger partial charge on any atom is 0.299 e. The minimum atomic E-state index is -3.03. The van der Waals surface area contributed by atoms with Crippen molar-refractivity contribution in [1.29, 1.82) is 0 Å². The smallest absolute Gasteiger partial charge is 0.299 e.